The number of nitrogens with two attached hydrogens (primary N) is 1. The molecule has 74 valence electrons. The molecule has 0 radical (unpaired) electrons. The molecular weight excluding hydrogens is 178 g/mol. The van der Waals surface area contributed by atoms with Crippen LogP contribution in [0.25, 0.3) is 0 Å². The van der Waals surface area contributed by atoms with Crippen LogP contribution in [-0.2, 0) is 6.54 Å². The predicted molar refractivity (Wildman–Crippen MR) is 53.6 cm³/mol. The molecule has 0 saturated carbocycles. The third-order valence-corrected chi connectivity index (χ3v) is 2.05. The first-order chi connectivity index (χ1) is 6.69. The third-order valence-electron chi connectivity index (χ3n) is 2.05. The minimum Gasteiger partial charge on any atom is -0.330 e. The van der Waals surface area contributed by atoms with Gasteiger partial charge in [-0.2, -0.15) is 5.26 Å². The van der Waals surface area contributed by atoms with Crippen molar-refractivity contribution in [2.75, 3.05) is 6.54 Å². The Morgan fingerprint density at radius 3 is 3.00 bits per heavy atom. The van der Waals surface area contributed by atoms with Gasteiger partial charge in [0.2, 0.25) is 0 Å². The number of nitriles is 1. The van der Waals surface area contributed by atoms with E-state index >= 15 is 0 Å². The third kappa shape index (κ3) is 2.21. The standard InChI is InChI=1S/C10H13N3O/c1-8(5-11)7-13-4-2-3-9(6-12)10(13)14/h2-4,8H,5,7,11H2,1H3. The van der Waals surface area contributed by atoms with Crippen molar-refractivity contribution in [2.45, 2.75) is 13.5 Å². The van der Waals surface area contributed by atoms with Gasteiger partial charge in [0.05, 0.1) is 0 Å². The Bertz CT molecular complexity index is 403. The number of pyridine rings is 1. The molecule has 14 heavy (non-hydrogen) atoms. The highest BCUT2D eigenvalue weighted by molar-refractivity contribution is 5.24. The minimum atomic E-state index is -0.240. The molecule has 4 heteroatoms. The van der Waals surface area contributed by atoms with Crippen molar-refractivity contribution in [3.63, 3.8) is 0 Å². The summed E-state index contributed by atoms with van der Waals surface area (Å²) >= 11 is 0. The van der Waals surface area contributed by atoms with Gasteiger partial charge in [0.25, 0.3) is 5.56 Å². The van der Waals surface area contributed by atoms with Gasteiger partial charge < -0.3 is 10.3 Å². The monoisotopic (exact) mass is 191 g/mol. The van der Waals surface area contributed by atoms with Crippen molar-refractivity contribution < 1.29 is 0 Å². The molecule has 0 amide bonds. The normalized spacial score (nSPS) is 12.1. The van der Waals surface area contributed by atoms with Gasteiger partial charge >= 0.3 is 0 Å². The van der Waals surface area contributed by atoms with Gasteiger partial charge in [0, 0.05) is 12.7 Å². The van der Waals surface area contributed by atoms with Crippen LogP contribution in [0.3, 0.4) is 0 Å². The maximum absolute atomic E-state index is 11.6. The maximum Gasteiger partial charge on any atom is 0.268 e. The molecule has 0 saturated heterocycles. The van der Waals surface area contributed by atoms with Crippen LogP contribution < -0.4 is 11.3 Å². The van der Waals surface area contributed by atoms with E-state index in [2.05, 4.69) is 0 Å². The highest BCUT2D eigenvalue weighted by Gasteiger charge is 2.04. The molecular formula is C10H13N3O. The summed E-state index contributed by atoms with van der Waals surface area (Å²) in [5, 5.41) is 8.65. The quantitative estimate of drug-likeness (QED) is 0.747. The Morgan fingerprint density at radius 2 is 2.43 bits per heavy atom. The molecule has 1 heterocycles. The molecule has 2 N–H and O–H groups in total. The van der Waals surface area contributed by atoms with E-state index in [9.17, 15) is 4.79 Å². The van der Waals surface area contributed by atoms with Crippen LogP contribution >= 0.6 is 0 Å². The minimum absolute atomic E-state index is 0.178. The Labute approximate surface area is 82.6 Å². The topological polar surface area (TPSA) is 71.8 Å². The van der Waals surface area contributed by atoms with E-state index in [0.717, 1.165) is 0 Å². The molecule has 1 rings (SSSR count). The van der Waals surface area contributed by atoms with Gasteiger partial charge in [-0.3, -0.25) is 4.79 Å². The second kappa shape index (κ2) is 4.58. The van der Waals surface area contributed by atoms with Crippen LogP contribution in [0.1, 0.15) is 12.5 Å². The van der Waals surface area contributed by atoms with E-state index in [1.807, 2.05) is 13.0 Å². The zero-order chi connectivity index (χ0) is 10.6. The smallest absolute Gasteiger partial charge is 0.268 e. The van der Waals surface area contributed by atoms with E-state index in [0.29, 0.717) is 13.1 Å². The van der Waals surface area contributed by atoms with Gasteiger partial charge in [-0.05, 0) is 24.6 Å². The van der Waals surface area contributed by atoms with Crippen LogP contribution in [0.4, 0.5) is 0 Å². The fourth-order valence-corrected chi connectivity index (χ4v) is 1.18. The molecule has 0 aliphatic heterocycles. The van der Waals surface area contributed by atoms with Crippen LogP contribution in [0.5, 0.6) is 0 Å². The average molecular weight is 191 g/mol. The van der Waals surface area contributed by atoms with Crippen molar-refractivity contribution in [2.24, 2.45) is 11.7 Å². The van der Waals surface area contributed by atoms with Gasteiger partial charge in [0.1, 0.15) is 11.6 Å². The lowest BCUT2D eigenvalue weighted by molar-refractivity contribution is 0.481. The van der Waals surface area contributed by atoms with Crippen molar-refractivity contribution in [1.29, 1.82) is 5.26 Å². The maximum atomic E-state index is 11.6. The van der Waals surface area contributed by atoms with Gasteiger partial charge in [-0.25, -0.2) is 0 Å². The van der Waals surface area contributed by atoms with E-state index < -0.39 is 0 Å². The summed E-state index contributed by atoms with van der Waals surface area (Å²) in [5.41, 5.74) is 5.40. The molecule has 0 aliphatic carbocycles. The average Bonchev–Trinajstić information content (AvgIpc) is 2.21. The Morgan fingerprint density at radius 1 is 1.71 bits per heavy atom. The van der Waals surface area contributed by atoms with Crippen LogP contribution in [0, 0.1) is 17.2 Å². The second-order valence-corrected chi connectivity index (χ2v) is 3.33. The lowest BCUT2D eigenvalue weighted by Gasteiger charge is -2.10. The number of nitrogens with zero attached hydrogens (tertiary/aromatic N) is 2. The lowest BCUT2D eigenvalue weighted by atomic mass is 10.2. The molecule has 0 fully saturated rings. The zero-order valence-corrected chi connectivity index (χ0v) is 8.10. The van der Waals surface area contributed by atoms with Crippen molar-refractivity contribution >= 4 is 0 Å². The Balaban J connectivity index is 3.00. The summed E-state index contributed by atoms with van der Waals surface area (Å²) in [6.45, 7) is 3.06. The largest absolute Gasteiger partial charge is 0.330 e. The van der Waals surface area contributed by atoms with E-state index in [1.54, 1.807) is 12.3 Å². The summed E-state index contributed by atoms with van der Waals surface area (Å²) in [5.74, 6) is 0.238. The molecule has 1 unspecified atom stereocenters. The number of hydrogen-bond donors (Lipinski definition) is 1. The molecule has 0 aromatic carbocycles. The van der Waals surface area contributed by atoms with Crippen LogP contribution in [0.2, 0.25) is 0 Å². The molecule has 0 spiro atoms. The highest BCUT2D eigenvalue weighted by atomic mass is 16.1. The van der Waals surface area contributed by atoms with Crippen LogP contribution in [0.15, 0.2) is 23.1 Å². The van der Waals surface area contributed by atoms with Gasteiger partial charge in [-0.1, -0.05) is 6.92 Å². The number of aromatic nitrogens is 1. The molecule has 1 atom stereocenters. The second-order valence-electron chi connectivity index (χ2n) is 3.33. The number of hydrogen-bond acceptors (Lipinski definition) is 3. The van der Waals surface area contributed by atoms with Gasteiger partial charge in [0.15, 0.2) is 0 Å². The SMILES string of the molecule is CC(CN)Cn1cccc(C#N)c1=O. The summed E-state index contributed by atoms with van der Waals surface area (Å²) in [7, 11) is 0. The Kier molecular flexibility index (Phi) is 3.43. The Hall–Kier alpha value is -1.60. The first-order valence-corrected chi connectivity index (χ1v) is 4.48. The first-order valence-electron chi connectivity index (χ1n) is 4.48. The van der Waals surface area contributed by atoms with Crippen molar-refractivity contribution in [1.82, 2.24) is 4.57 Å². The van der Waals surface area contributed by atoms with Gasteiger partial charge in [-0.15, -0.1) is 0 Å². The zero-order valence-electron chi connectivity index (χ0n) is 8.10. The molecule has 4 nitrogen and oxygen atoms in total. The predicted octanol–water partition coefficient (Wildman–Crippen LogP) is 0.315. The van der Waals surface area contributed by atoms with Crippen molar-refractivity contribution in [3.05, 3.63) is 34.2 Å². The van der Waals surface area contributed by atoms with E-state index in [4.69, 9.17) is 11.0 Å². The highest BCUT2D eigenvalue weighted by Crippen LogP contribution is 1.96. The molecule has 0 bridgehead atoms. The van der Waals surface area contributed by atoms with E-state index in [-0.39, 0.29) is 17.0 Å². The lowest BCUT2D eigenvalue weighted by Crippen LogP contribution is -2.27. The fourth-order valence-electron chi connectivity index (χ4n) is 1.18. The summed E-state index contributed by atoms with van der Waals surface area (Å²) in [6.07, 6.45) is 1.68. The van der Waals surface area contributed by atoms with Crippen LogP contribution in [-0.4, -0.2) is 11.1 Å². The molecule has 1 aromatic heterocycles. The van der Waals surface area contributed by atoms with Crippen molar-refractivity contribution in [3.8, 4) is 6.07 Å². The summed E-state index contributed by atoms with van der Waals surface area (Å²) in [6, 6.07) is 5.08. The summed E-state index contributed by atoms with van der Waals surface area (Å²) in [4.78, 5) is 11.6. The summed E-state index contributed by atoms with van der Waals surface area (Å²) < 4.78 is 1.52. The molecule has 1 aromatic rings. The first kappa shape index (κ1) is 10.5. The fraction of sp³-hybridized carbons (Fsp3) is 0.400. The number of rotatable bonds is 3. The molecule has 0 aliphatic rings. The van der Waals surface area contributed by atoms with E-state index in [1.165, 1.54) is 10.6 Å².